The molecular weight excluding hydrogens is 224 g/mol. The van der Waals surface area contributed by atoms with Gasteiger partial charge in [0.05, 0.1) is 11.4 Å². The molecule has 0 aliphatic heterocycles. The largest absolute Gasteiger partial charge is 0.308 e. The second-order valence-corrected chi connectivity index (χ2v) is 4.73. The minimum atomic E-state index is 0.718. The molecule has 4 heteroatoms. The zero-order chi connectivity index (χ0) is 12.4. The number of aromatic nitrogens is 3. The van der Waals surface area contributed by atoms with E-state index in [1.807, 2.05) is 24.7 Å². The van der Waals surface area contributed by atoms with Crippen molar-refractivity contribution in [3.05, 3.63) is 42.2 Å². The number of hydrogen-bond donors (Lipinski definition) is 1. The normalized spacial score (nSPS) is 14.9. The first kappa shape index (κ1) is 11.4. The third-order valence-electron chi connectivity index (χ3n) is 3.26. The summed E-state index contributed by atoms with van der Waals surface area (Å²) in [6.45, 7) is 2.98. The van der Waals surface area contributed by atoms with Crippen molar-refractivity contribution in [2.24, 2.45) is 0 Å². The molecular formula is C14H18N4. The van der Waals surface area contributed by atoms with Crippen molar-refractivity contribution in [3.63, 3.8) is 0 Å². The average Bonchev–Trinajstić information content (AvgIpc) is 3.12. The highest BCUT2D eigenvalue weighted by Gasteiger charge is 2.20. The number of nitrogens with zero attached hydrogens (tertiary/aromatic N) is 3. The van der Waals surface area contributed by atoms with E-state index in [9.17, 15) is 0 Å². The molecule has 2 heterocycles. The fourth-order valence-electron chi connectivity index (χ4n) is 2.08. The Balaban J connectivity index is 1.80. The number of imidazole rings is 1. The fourth-order valence-corrected chi connectivity index (χ4v) is 2.08. The SMILES string of the molecule is CCc1nccn1-c1ccnc(CNC2CC2)c1. The molecule has 1 aliphatic rings. The molecule has 0 aromatic carbocycles. The molecule has 0 atom stereocenters. The van der Waals surface area contributed by atoms with Crippen LogP contribution in [-0.2, 0) is 13.0 Å². The second kappa shape index (κ2) is 4.90. The van der Waals surface area contributed by atoms with Crippen molar-refractivity contribution in [3.8, 4) is 5.69 Å². The zero-order valence-electron chi connectivity index (χ0n) is 10.6. The van der Waals surface area contributed by atoms with Gasteiger partial charge in [0, 0.05) is 37.6 Å². The van der Waals surface area contributed by atoms with Crippen LogP contribution >= 0.6 is 0 Å². The van der Waals surface area contributed by atoms with Gasteiger partial charge in [0.1, 0.15) is 5.82 Å². The van der Waals surface area contributed by atoms with E-state index >= 15 is 0 Å². The van der Waals surface area contributed by atoms with Crippen molar-refractivity contribution in [2.75, 3.05) is 0 Å². The Hall–Kier alpha value is -1.68. The molecule has 94 valence electrons. The molecule has 18 heavy (non-hydrogen) atoms. The molecule has 0 unspecified atom stereocenters. The standard InChI is InChI=1S/C14H18N4/c1-2-14-16-7-8-18(14)13-5-6-15-12(9-13)10-17-11-3-4-11/h5-9,11,17H,2-4,10H2,1H3. The molecule has 4 nitrogen and oxygen atoms in total. The summed E-state index contributed by atoms with van der Waals surface area (Å²) in [6.07, 6.45) is 9.28. The summed E-state index contributed by atoms with van der Waals surface area (Å²) in [6, 6.07) is 4.88. The van der Waals surface area contributed by atoms with Gasteiger partial charge in [-0.3, -0.25) is 4.98 Å². The summed E-state index contributed by atoms with van der Waals surface area (Å²) in [7, 11) is 0. The lowest BCUT2D eigenvalue weighted by Gasteiger charge is -2.08. The summed E-state index contributed by atoms with van der Waals surface area (Å²) in [5, 5.41) is 3.49. The van der Waals surface area contributed by atoms with Gasteiger partial charge in [0.15, 0.2) is 0 Å². The summed E-state index contributed by atoms with van der Waals surface area (Å²) in [4.78, 5) is 8.76. The molecule has 1 aliphatic carbocycles. The van der Waals surface area contributed by atoms with Crippen LogP contribution in [0, 0.1) is 0 Å². The van der Waals surface area contributed by atoms with Gasteiger partial charge in [-0.15, -0.1) is 0 Å². The molecule has 0 bridgehead atoms. The number of hydrogen-bond acceptors (Lipinski definition) is 3. The van der Waals surface area contributed by atoms with Crippen LogP contribution in [0.3, 0.4) is 0 Å². The van der Waals surface area contributed by atoms with Crippen molar-refractivity contribution in [2.45, 2.75) is 38.8 Å². The first-order chi connectivity index (χ1) is 8.86. The van der Waals surface area contributed by atoms with Gasteiger partial charge in [-0.1, -0.05) is 6.92 Å². The van der Waals surface area contributed by atoms with Crippen LogP contribution < -0.4 is 5.32 Å². The van der Waals surface area contributed by atoms with E-state index in [-0.39, 0.29) is 0 Å². The Morgan fingerprint density at radius 1 is 1.33 bits per heavy atom. The van der Waals surface area contributed by atoms with Crippen LogP contribution in [0.5, 0.6) is 0 Å². The van der Waals surface area contributed by atoms with Crippen LogP contribution in [0.4, 0.5) is 0 Å². The summed E-state index contributed by atoms with van der Waals surface area (Å²) < 4.78 is 2.13. The molecule has 3 rings (SSSR count). The third kappa shape index (κ3) is 2.43. The Bertz CT molecular complexity index is 528. The van der Waals surface area contributed by atoms with Gasteiger partial charge < -0.3 is 9.88 Å². The molecule has 1 fully saturated rings. The average molecular weight is 242 g/mol. The molecule has 2 aromatic rings. The quantitative estimate of drug-likeness (QED) is 0.873. The van der Waals surface area contributed by atoms with E-state index < -0.39 is 0 Å². The Morgan fingerprint density at radius 2 is 2.22 bits per heavy atom. The van der Waals surface area contributed by atoms with Crippen molar-refractivity contribution < 1.29 is 0 Å². The Labute approximate surface area is 107 Å². The number of aryl methyl sites for hydroxylation is 1. The lowest BCUT2D eigenvalue weighted by Crippen LogP contribution is -2.16. The highest BCUT2D eigenvalue weighted by molar-refractivity contribution is 5.33. The van der Waals surface area contributed by atoms with Crippen LogP contribution in [0.15, 0.2) is 30.7 Å². The van der Waals surface area contributed by atoms with Gasteiger partial charge >= 0.3 is 0 Å². The minimum absolute atomic E-state index is 0.718. The van der Waals surface area contributed by atoms with Gasteiger partial charge in [0.2, 0.25) is 0 Å². The van der Waals surface area contributed by atoms with E-state index in [4.69, 9.17) is 0 Å². The molecule has 1 N–H and O–H groups in total. The number of pyridine rings is 1. The highest BCUT2D eigenvalue weighted by atomic mass is 15.1. The molecule has 0 saturated heterocycles. The lowest BCUT2D eigenvalue weighted by molar-refractivity contribution is 0.673. The van der Waals surface area contributed by atoms with E-state index in [1.165, 1.54) is 12.8 Å². The summed E-state index contributed by atoms with van der Waals surface area (Å²) in [5.41, 5.74) is 2.24. The van der Waals surface area contributed by atoms with Crippen LogP contribution in [-0.4, -0.2) is 20.6 Å². The van der Waals surface area contributed by atoms with Gasteiger partial charge in [-0.05, 0) is 25.0 Å². The predicted molar refractivity (Wildman–Crippen MR) is 70.6 cm³/mol. The van der Waals surface area contributed by atoms with Crippen LogP contribution in [0.25, 0.3) is 5.69 Å². The van der Waals surface area contributed by atoms with E-state index in [1.54, 1.807) is 0 Å². The minimum Gasteiger partial charge on any atom is -0.308 e. The van der Waals surface area contributed by atoms with Crippen molar-refractivity contribution in [1.82, 2.24) is 19.9 Å². The molecule has 1 saturated carbocycles. The van der Waals surface area contributed by atoms with Crippen molar-refractivity contribution >= 4 is 0 Å². The maximum Gasteiger partial charge on any atom is 0.112 e. The first-order valence-electron chi connectivity index (χ1n) is 6.57. The highest BCUT2D eigenvalue weighted by Crippen LogP contribution is 2.19. The monoisotopic (exact) mass is 242 g/mol. The zero-order valence-corrected chi connectivity index (χ0v) is 10.6. The Kier molecular flexibility index (Phi) is 3.11. The van der Waals surface area contributed by atoms with E-state index in [2.05, 4.69) is 32.8 Å². The number of rotatable bonds is 5. The third-order valence-corrected chi connectivity index (χ3v) is 3.26. The van der Waals surface area contributed by atoms with E-state index in [0.29, 0.717) is 0 Å². The van der Waals surface area contributed by atoms with Gasteiger partial charge in [0.25, 0.3) is 0 Å². The molecule has 0 spiro atoms. The summed E-state index contributed by atoms with van der Waals surface area (Å²) in [5.74, 6) is 1.09. The van der Waals surface area contributed by atoms with Gasteiger partial charge in [-0.2, -0.15) is 0 Å². The molecule has 2 aromatic heterocycles. The Morgan fingerprint density at radius 3 is 3.00 bits per heavy atom. The molecule has 0 radical (unpaired) electrons. The summed E-state index contributed by atoms with van der Waals surface area (Å²) >= 11 is 0. The fraction of sp³-hybridized carbons (Fsp3) is 0.429. The van der Waals surface area contributed by atoms with Crippen molar-refractivity contribution in [1.29, 1.82) is 0 Å². The lowest BCUT2D eigenvalue weighted by atomic mass is 10.3. The van der Waals surface area contributed by atoms with Gasteiger partial charge in [-0.25, -0.2) is 4.98 Å². The smallest absolute Gasteiger partial charge is 0.112 e. The van der Waals surface area contributed by atoms with Crippen LogP contribution in [0.1, 0.15) is 31.3 Å². The number of nitrogens with one attached hydrogen (secondary N) is 1. The maximum absolute atomic E-state index is 4.41. The first-order valence-corrected chi connectivity index (χ1v) is 6.57. The maximum atomic E-state index is 4.41. The second-order valence-electron chi connectivity index (χ2n) is 4.73. The van der Waals surface area contributed by atoms with Crippen LogP contribution in [0.2, 0.25) is 0 Å². The molecule has 0 amide bonds. The topological polar surface area (TPSA) is 42.7 Å². The predicted octanol–water partition coefficient (Wildman–Crippen LogP) is 2.08. The van der Waals surface area contributed by atoms with E-state index in [0.717, 1.165) is 36.2 Å².